The van der Waals surface area contributed by atoms with Crippen LogP contribution in [-0.2, 0) is 25.9 Å². The maximum absolute atomic E-state index is 10.5. The van der Waals surface area contributed by atoms with Crippen LogP contribution in [0.25, 0.3) is 0 Å². The lowest BCUT2D eigenvalue weighted by atomic mass is 10.00. The number of hydrogen-bond acceptors (Lipinski definition) is 5. The van der Waals surface area contributed by atoms with E-state index in [0.717, 1.165) is 44.8 Å². The molecule has 31 heavy (non-hydrogen) atoms. The summed E-state index contributed by atoms with van der Waals surface area (Å²) >= 11 is 0. The third kappa shape index (κ3) is 6.62. The Morgan fingerprint density at radius 3 is 2.77 bits per heavy atom. The first-order chi connectivity index (χ1) is 15.3. The summed E-state index contributed by atoms with van der Waals surface area (Å²) in [6.07, 6.45) is 5.19. The van der Waals surface area contributed by atoms with E-state index in [1.165, 1.54) is 22.3 Å². The van der Waals surface area contributed by atoms with E-state index < -0.39 is 6.10 Å². The molecule has 162 valence electrons. The summed E-state index contributed by atoms with van der Waals surface area (Å²) < 4.78 is 5.88. The second-order valence-corrected chi connectivity index (χ2v) is 8.15. The minimum atomic E-state index is -0.508. The molecule has 0 aliphatic carbocycles. The molecule has 0 radical (unpaired) electrons. The number of rotatable bonds is 10. The zero-order chi connectivity index (χ0) is 21.3. The van der Waals surface area contributed by atoms with Gasteiger partial charge in [0.1, 0.15) is 18.5 Å². The van der Waals surface area contributed by atoms with Crippen molar-refractivity contribution in [2.24, 2.45) is 0 Å². The smallest absolute Gasteiger partial charge is 0.119 e. The van der Waals surface area contributed by atoms with Gasteiger partial charge in [-0.15, -0.1) is 0 Å². The van der Waals surface area contributed by atoms with Crippen LogP contribution in [-0.4, -0.2) is 47.3 Å². The minimum absolute atomic E-state index is 0.302. The van der Waals surface area contributed by atoms with Crippen LogP contribution in [0.4, 0.5) is 0 Å². The standard InChI is InChI=1S/C26H31N3O2/c30-25(19-29-14-11-23-7-1-2-8-24(23)18-29)20-31-26-9-3-5-22(15-26)17-28-13-10-21-6-4-12-27-16-21/h1-9,12,15-16,25,28,30H,10-11,13-14,17-20H2. The van der Waals surface area contributed by atoms with E-state index in [2.05, 4.69) is 51.6 Å². The monoisotopic (exact) mass is 417 g/mol. The van der Waals surface area contributed by atoms with Crippen molar-refractivity contribution in [2.45, 2.75) is 32.0 Å². The Morgan fingerprint density at radius 2 is 1.90 bits per heavy atom. The van der Waals surface area contributed by atoms with E-state index in [-0.39, 0.29) is 0 Å². The van der Waals surface area contributed by atoms with Gasteiger partial charge in [0.15, 0.2) is 0 Å². The first-order valence-corrected chi connectivity index (χ1v) is 11.0. The van der Waals surface area contributed by atoms with Gasteiger partial charge in [0.2, 0.25) is 0 Å². The maximum Gasteiger partial charge on any atom is 0.119 e. The topological polar surface area (TPSA) is 57.6 Å². The van der Waals surface area contributed by atoms with Crippen molar-refractivity contribution >= 4 is 0 Å². The first kappa shape index (κ1) is 21.5. The van der Waals surface area contributed by atoms with Gasteiger partial charge in [-0.2, -0.15) is 0 Å². The highest BCUT2D eigenvalue weighted by atomic mass is 16.5. The van der Waals surface area contributed by atoms with Crippen molar-refractivity contribution in [2.75, 3.05) is 26.2 Å². The molecule has 0 bridgehead atoms. The highest BCUT2D eigenvalue weighted by molar-refractivity contribution is 5.29. The average molecular weight is 418 g/mol. The molecule has 1 aliphatic rings. The SMILES string of the molecule is OC(COc1cccc(CNCCc2cccnc2)c1)CN1CCc2ccccc2C1. The van der Waals surface area contributed by atoms with Gasteiger partial charge in [0.05, 0.1) is 0 Å². The van der Waals surface area contributed by atoms with Crippen molar-refractivity contribution in [3.05, 3.63) is 95.3 Å². The predicted molar refractivity (Wildman–Crippen MR) is 123 cm³/mol. The lowest BCUT2D eigenvalue weighted by molar-refractivity contribution is 0.0637. The van der Waals surface area contributed by atoms with Gasteiger partial charge in [-0.1, -0.05) is 42.5 Å². The molecule has 1 unspecified atom stereocenters. The Balaban J connectivity index is 1.18. The predicted octanol–water partition coefficient (Wildman–Crippen LogP) is 3.21. The average Bonchev–Trinajstić information content (AvgIpc) is 2.81. The molecule has 0 saturated heterocycles. The number of aliphatic hydroxyl groups is 1. The fraction of sp³-hybridized carbons (Fsp3) is 0.346. The molecule has 5 nitrogen and oxygen atoms in total. The van der Waals surface area contributed by atoms with E-state index in [9.17, 15) is 5.11 Å². The van der Waals surface area contributed by atoms with E-state index in [1.54, 1.807) is 6.20 Å². The van der Waals surface area contributed by atoms with Gasteiger partial charge >= 0.3 is 0 Å². The zero-order valence-electron chi connectivity index (χ0n) is 17.9. The lowest BCUT2D eigenvalue weighted by Crippen LogP contribution is -2.38. The fourth-order valence-electron chi connectivity index (χ4n) is 4.01. The summed E-state index contributed by atoms with van der Waals surface area (Å²) in [4.78, 5) is 6.45. The van der Waals surface area contributed by atoms with Crippen LogP contribution in [0, 0.1) is 0 Å². The Morgan fingerprint density at radius 1 is 1.03 bits per heavy atom. The molecule has 0 saturated carbocycles. The molecule has 1 aliphatic heterocycles. The Labute approximate surface area is 184 Å². The van der Waals surface area contributed by atoms with Crippen molar-refractivity contribution in [3.63, 3.8) is 0 Å². The second-order valence-electron chi connectivity index (χ2n) is 8.15. The Hall–Kier alpha value is -2.73. The van der Waals surface area contributed by atoms with Gasteiger partial charge < -0.3 is 15.2 Å². The number of ether oxygens (including phenoxy) is 1. The third-order valence-corrected chi connectivity index (χ3v) is 5.66. The Kier molecular flexibility index (Phi) is 7.66. The highest BCUT2D eigenvalue weighted by Crippen LogP contribution is 2.19. The minimum Gasteiger partial charge on any atom is -0.491 e. The molecule has 0 spiro atoms. The van der Waals surface area contributed by atoms with Gasteiger partial charge in [-0.3, -0.25) is 9.88 Å². The summed E-state index contributed by atoms with van der Waals surface area (Å²) in [7, 11) is 0. The van der Waals surface area contributed by atoms with E-state index >= 15 is 0 Å². The van der Waals surface area contributed by atoms with Gasteiger partial charge in [0, 0.05) is 38.6 Å². The summed E-state index contributed by atoms with van der Waals surface area (Å²) in [5.41, 5.74) is 5.20. The molecule has 0 fully saturated rings. The first-order valence-electron chi connectivity index (χ1n) is 11.0. The number of nitrogens with zero attached hydrogens (tertiary/aromatic N) is 2. The summed E-state index contributed by atoms with van der Waals surface area (Å²) in [6, 6.07) is 20.7. The number of β-amino-alcohol motifs (C(OH)–C–C–N with tert-alkyl or cyclic N) is 1. The molecule has 2 N–H and O–H groups in total. The van der Waals surface area contributed by atoms with Crippen LogP contribution in [0.5, 0.6) is 5.75 Å². The van der Waals surface area contributed by atoms with Gasteiger partial charge in [-0.25, -0.2) is 0 Å². The molecule has 0 amide bonds. The van der Waals surface area contributed by atoms with Crippen molar-refractivity contribution in [1.29, 1.82) is 0 Å². The van der Waals surface area contributed by atoms with Crippen LogP contribution in [0.3, 0.4) is 0 Å². The summed E-state index contributed by atoms with van der Waals surface area (Å²) in [5.74, 6) is 0.801. The summed E-state index contributed by atoms with van der Waals surface area (Å²) in [6.45, 7) is 4.49. The van der Waals surface area contributed by atoms with Crippen LogP contribution in [0.1, 0.15) is 22.3 Å². The number of nitrogens with one attached hydrogen (secondary N) is 1. The number of fused-ring (bicyclic) bond motifs is 1. The number of benzene rings is 2. The molecule has 3 aromatic rings. The maximum atomic E-state index is 10.5. The number of aliphatic hydroxyl groups excluding tert-OH is 1. The van der Waals surface area contributed by atoms with E-state index in [1.807, 2.05) is 30.5 Å². The quantitative estimate of drug-likeness (QED) is 0.496. The van der Waals surface area contributed by atoms with E-state index in [4.69, 9.17) is 4.74 Å². The van der Waals surface area contributed by atoms with Crippen LogP contribution >= 0.6 is 0 Å². The van der Waals surface area contributed by atoms with Crippen LogP contribution < -0.4 is 10.1 Å². The van der Waals surface area contributed by atoms with E-state index in [0.29, 0.717) is 13.2 Å². The van der Waals surface area contributed by atoms with Gasteiger partial charge in [0.25, 0.3) is 0 Å². The molecule has 4 rings (SSSR count). The molecule has 1 atom stereocenters. The van der Waals surface area contributed by atoms with Crippen molar-refractivity contribution in [1.82, 2.24) is 15.2 Å². The number of pyridine rings is 1. The van der Waals surface area contributed by atoms with Crippen molar-refractivity contribution in [3.8, 4) is 5.75 Å². The number of aromatic nitrogens is 1. The number of hydrogen-bond donors (Lipinski definition) is 2. The Bertz CT molecular complexity index is 948. The molecule has 2 heterocycles. The third-order valence-electron chi connectivity index (χ3n) is 5.66. The molecular formula is C26H31N3O2. The summed E-state index contributed by atoms with van der Waals surface area (Å²) in [5, 5.41) is 13.9. The largest absolute Gasteiger partial charge is 0.491 e. The molecular weight excluding hydrogens is 386 g/mol. The lowest BCUT2D eigenvalue weighted by Gasteiger charge is -2.30. The molecule has 5 heteroatoms. The van der Waals surface area contributed by atoms with Crippen LogP contribution in [0.15, 0.2) is 73.1 Å². The van der Waals surface area contributed by atoms with Crippen LogP contribution in [0.2, 0.25) is 0 Å². The van der Waals surface area contributed by atoms with Gasteiger partial charge in [-0.05, 0) is 59.8 Å². The zero-order valence-corrected chi connectivity index (χ0v) is 17.9. The molecule has 2 aromatic carbocycles. The molecule has 1 aromatic heterocycles. The fourth-order valence-corrected chi connectivity index (χ4v) is 4.01. The highest BCUT2D eigenvalue weighted by Gasteiger charge is 2.18. The second kappa shape index (κ2) is 11.0. The normalized spacial score (nSPS) is 14.7. The van der Waals surface area contributed by atoms with Crippen molar-refractivity contribution < 1.29 is 9.84 Å².